The summed E-state index contributed by atoms with van der Waals surface area (Å²) >= 11 is 1.47. The van der Waals surface area contributed by atoms with Crippen LogP contribution in [0.4, 0.5) is 0 Å². The molecule has 0 bridgehead atoms. The fourth-order valence-electron chi connectivity index (χ4n) is 2.55. The minimum absolute atomic E-state index is 0.0562. The standard InChI is InChI=1S/C16H22N2O4S2/c1-12-4-2-3-5-14(12)9-23-10-16(20)18-17-15(19)8-13-6-7-24(21,22)11-13/h2-5,13H,6-11H2,1H3,(H,17,19)(H,18,20). The largest absolute Gasteiger partial charge is 0.273 e. The Morgan fingerprint density at radius 1 is 1.21 bits per heavy atom. The maximum atomic E-state index is 11.7. The number of carbonyl (C=O) groups excluding carboxylic acids is 2. The second kappa shape index (κ2) is 8.53. The first-order valence-corrected chi connectivity index (χ1v) is 10.7. The number of hydrogen-bond acceptors (Lipinski definition) is 5. The summed E-state index contributed by atoms with van der Waals surface area (Å²) in [5, 5.41) is 0. The summed E-state index contributed by atoms with van der Waals surface area (Å²) in [6.07, 6.45) is 0.631. The first kappa shape index (κ1) is 18.8. The van der Waals surface area contributed by atoms with Gasteiger partial charge in [-0.3, -0.25) is 20.4 Å². The third kappa shape index (κ3) is 6.16. The maximum absolute atomic E-state index is 11.7. The number of carbonyl (C=O) groups is 2. The number of benzene rings is 1. The lowest BCUT2D eigenvalue weighted by atomic mass is 10.1. The van der Waals surface area contributed by atoms with Crippen LogP contribution in [0.5, 0.6) is 0 Å². The van der Waals surface area contributed by atoms with Crippen LogP contribution in [0.2, 0.25) is 0 Å². The molecule has 8 heteroatoms. The molecule has 2 amide bonds. The van der Waals surface area contributed by atoms with Crippen molar-refractivity contribution in [2.24, 2.45) is 5.92 Å². The van der Waals surface area contributed by atoms with E-state index >= 15 is 0 Å². The van der Waals surface area contributed by atoms with E-state index in [4.69, 9.17) is 0 Å². The predicted molar refractivity (Wildman–Crippen MR) is 95.0 cm³/mol. The van der Waals surface area contributed by atoms with Crippen LogP contribution in [0.15, 0.2) is 24.3 Å². The summed E-state index contributed by atoms with van der Waals surface area (Å²) in [5.41, 5.74) is 7.09. The fourth-order valence-corrected chi connectivity index (χ4v) is 5.31. The number of hydrazine groups is 1. The van der Waals surface area contributed by atoms with E-state index < -0.39 is 9.84 Å². The zero-order chi connectivity index (χ0) is 17.6. The number of sulfone groups is 1. The zero-order valence-electron chi connectivity index (χ0n) is 13.6. The molecular weight excluding hydrogens is 348 g/mol. The van der Waals surface area contributed by atoms with Crippen molar-refractivity contribution in [2.45, 2.75) is 25.5 Å². The van der Waals surface area contributed by atoms with Gasteiger partial charge < -0.3 is 0 Å². The van der Waals surface area contributed by atoms with Gasteiger partial charge in [-0.15, -0.1) is 11.8 Å². The van der Waals surface area contributed by atoms with Crippen LogP contribution in [0.25, 0.3) is 0 Å². The second-order valence-electron chi connectivity index (χ2n) is 5.99. The number of thioether (sulfide) groups is 1. The molecule has 1 fully saturated rings. The number of nitrogens with one attached hydrogen (secondary N) is 2. The van der Waals surface area contributed by atoms with Crippen LogP contribution in [0.3, 0.4) is 0 Å². The molecule has 1 aliphatic heterocycles. The second-order valence-corrected chi connectivity index (χ2v) is 9.20. The van der Waals surface area contributed by atoms with E-state index in [0.717, 1.165) is 5.75 Å². The lowest BCUT2D eigenvalue weighted by Gasteiger charge is -2.10. The van der Waals surface area contributed by atoms with Gasteiger partial charge in [0.2, 0.25) is 11.8 Å². The van der Waals surface area contributed by atoms with Crippen LogP contribution >= 0.6 is 11.8 Å². The third-order valence-electron chi connectivity index (χ3n) is 3.89. The molecular formula is C16H22N2O4S2. The Balaban J connectivity index is 1.62. The van der Waals surface area contributed by atoms with E-state index in [9.17, 15) is 18.0 Å². The zero-order valence-corrected chi connectivity index (χ0v) is 15.2. The molecule has 0 spiro atoms. The summed E-state index contributed by atoms with van der Waals surface area (Å²) in [6, 6.07) is 7.99. The number of aryl methyl sites for hydroxylation is 1. The first-order chi connectivity index (χ1) is 11.4. The van der Waals surface area contributed by atoms with E-state index in [-0.39, 0.29) is 41.4 Å². The average Bonchev–Trinajstić information content (AvgIpc) is 2.86. The van der Waals surface area contributed by atoms with Crippen molar-refractivity contribution in [2.75, 3.05) is 17.3 Å². The highest BCUT2D eigenvalue weighted by atomic mass is 32.2. The highest BCUT2D eigenvalue weighted by Crippen LogP contribution is 2.21. The molecule has 1 aliphatic rings. The third-order valence-corrected chi connectivity index (χ3v) is 6.71. The van der Waals surface area contributed by atoms with Crippen molar-refractivity contribution in [1.29, 1.82) is 0 Å². The summed E-state index contributed by atoms with van der Waals surface area (Å²) in [6.45, 7) is 2.03. The van der Waals surface area contributed by atoms with Gasteiger partial charge in [-0.05, 0) is 30.4 Å². The van der Waals surface area contributed by atoms with Gasteiger partial charge in [-0.25, -0.2) is 8.42 Å². The quantitative estimate of drug-likeness (QED) is 0.734. The number of amides is 2. The molecule has 1 aromatic carbocycles. The summed E-state index contributed by atoms with van der Waals surface area (Å²) in [5.74, 6) is 0.395. The predicted octanol–water partition coefficient (Wildman–Crippen LogP) is 1.20. The normalized spacial score (nSPS) is 19.0. The number of hydrogen-bond donors (Lipinski definition) is 2. The molecule has 1 saturated heterocycles. The van der Waals surface area contributed by atoms with Gasteiger partial charge in [-0.1, -0.05) is 24.3 Å². The molecule has 0 saturated carbocycles. The smallest absolute Gasteiger partial charge is 0.248 e. The molecule has 2 rings (SSSR count). The molecule has 1 aromatic rings. The highest BCUT2D eigenvalue weighted by Gasteiger charge is 2.29. The summed E-state index contributed by atoms with van der Waals surface area (Å²) < 4.78 is 22.7. The van der Waals surface area contributed by atoms with Crippen LogP contribution in [0, 0.1) is 12.8 Å². The molecule has 2 N–H and O–H groups in total. The Labute approximate surface area is 146 Å². The van der Waals surface area contributed by atoms with Crippen molar-refractivity contribution in [3.63, 3.8) is 0 Å². The van der Waals surface area contributed by atoms with E-state index in [0.29, 0.717) is 6.42 Å². The van der Waals surface area contributed by atoms with Crippen molar-refractivity contribution in [3.05, 3.63) is 35.4 Å². The van der Waals surface area contributed by atoms with E-state index in [1.165, 1.54) is 22.9 Å². The fraction of sp³-hybridized carbons (Fsp3) is 0.500. The van der Waals surface area contributed by atoms with Crippen molar-refractivity contribution in [1.82, 2.24) is 10.9 Å². The van der Waals surface area contributed by atoms with Crippen molar-refractivity contribution >= 4 is 33.4 Å². The van der Waals surface area contributed by atoms with Crippen molar-refractivity contribution in [3.8, 4) is 0 Å². The Morgan fingerprint density at radius 2 is 1.92 bits per heavy atom. The molecule has 1 atom stereocenters. The molecule has 1 heterocycles. The average molecular weight is 370 g/mol. The molecule has 0 aromatic heterocycles. The molecule has 24 heavy (non-hydrogen) atoms. The van der Waals surface area contributed by atoms with E-state index in [2.05, 4.69) is 10.9 Å². The van der Waals surface area contributed by atoms with Crippen LogP contribution < -0.4 is 10.9 Å². The van der Waals surface area contributed by atoms with Gasteiger partial charge >= 0.3 is 0 Å². The summed E-state index contributed by atoms with van der Waals surface area (Å²) in [4.78, 5) is 23.4. The van der Waals surface area contributed by atoms with Crippen LogP contribution in [-0.2, 0) is 25.2 Å². The minimum atomic E-state index is -2.98. The molecule has 0 radical (unpaired) electrons. The highest BCUT2D eigenvalue weighted by molar-refractivity contribution is 7.99. The maximum Gasteiger partial charge on any atom is 0.248 e. The summed E-state index contributed by atoms with van der Waals surface area (Å²) in [7, 11) is -2.98. The van der Waals surface area contributed by atoms with Crippen LogP contribution in [0.1, 0.15) is 24.0 Å². The van der Waals surface area contributed by atoms with Gasteiger partial charge in [0, 0.05) is 12.2 Å². The molecule has 0 aliphatic carbocycles. The first-order valence-electron chi connectivity index (χ1n) is 7.76. The van der Waals surface area contributed by atoms with Crippen molar-refractivity contribution < 1.29 is 18.0 Å². The van der Waals surface area contributed by atoms with E-state index in [1.54, 1.807) is 0 Å². The Bertz CT molecular complexity index is 704. The Morgan fingerprint density at radius 3 is 2.58 bits per heavy atom. The Kier molecular flexibility index (Phi) is 6.68. The molecule has 132 valence electrons. The van der Waals surface area contributed by atoms with Gasteiger partial charge in [-0.2, -0.15) is 0 Å². The van der Waals surface area contributed by atoms with Gasteiger partial charge in [0.15, 0.2) is 9.84 Å². The van der Waals surface area contributed by atoms with Gasteiger partial charge in [0.1, 0.15) is 0 Å². The molecule has 6 nitrogen and oxygen atoms in total. The van der Waals surface area contributed by atoms with E-state index in [1.807, 2.05) is 31.2 Å². The SMILES string of the molecule is Cc1ccccc1CSCC(=O)NNC(=O)CC1CCS(=O)(=O)C1. The lowest BCUT2D eigenvalue weighted by Crippen LogP contribution is -2.43. The van der Waals surface area contributed by atoms with Gasteiger partial charge in [0.05, 0.1) is 17.3 Å². The van der Waals surface area contributed by atoms with Crippen LogP contribution in [-0.4, -0.2) is 37.5 Å². The molecule has 1 unspecified atom stereocenters. The number of rotatable bonds is 6. The lowest BCUT2D eigenvalue weighted by molar-refractivity contribution is -0.128. The minimum Gasteiger partial charge on any atom is -0.273 e. The topological polar surface area (TPSA) is 92.3 Å². The van der Waals surface area contributed by atoms with Gasteiger partial charge in [0.25, 0.3) is 0 Å². The Hall–Kier alpha value is -1.54. The monoisotopic (exact) mass is 370 g/mol.